The summed E-state index contributed by atoms with van der Waals surface area (Å²) in [7, 11) is -4.53. The van der Waals surface area contributed by atoms with Crippen LogP contribution in [-0.2, 0) is 15.0 Å². The molecule has 0 saturated carbocycles. The molecular formula is C15H16Cl2N6O5S2. The Morgan fingerprint density at radius 3 is 2.63 bits per heavy atom. The maximum absolute atomic E-state index is 12.2. The third-order valence-corrected chi connectivity index (χ3v) is 5.53. The van der Waals surface area contributed by atoms with Gasteiger partial charge in [0.05, 0.1) is 18.2 Å². The summed E-state index contributed by atoms with van der Waals surface area (Å²) >= 11 is 12.9. The van der Waals surface area contributed by atoms with Crippen molar-refractivity contribution >= 4 is 63.2 Å². The molecule has 30 heavy (non-hydrogen) atoms. The Hall–Kier alpha value is -2.06. The Kier molecular flexibility index (Phi) is 7.41. The predicted octanol–water partition coefficient (Wildman–Crippen LogP) is 2.18. The lowest BCUT2D eigenvalue weighted by atomic mass is 10.3. The molecule has 2 aromatic rings. The van der Waals surface area contributed by atoms with Gasteiger partial charge in [0, 0.05) is 18.1 Å². The van der Waals surface area contributed by atoms with Crippen molar-refractivity contribution in [3.8, 4) is 5.75 Å². The maximum atomic E-state index is 12.2. The van der Waals surface area contributed by atoms with Crippen LogP contribution < -0.4 is 19.1 Å². The summed E-state index contributed by atoms with van der Waals surface area (Å²) in [4.78, 5) is 26.6. The zero-order valence-corrected chi connectivity index (χ0v) is 18.6. The maximum Gasteiger partial charge on any atom is 0.411 e. The summed E-state index contributed by atoms with van der Waals surface area (Å²) in [6.45, 7) is 2.19. The fourth-order valence-corrected chi connectivity index (χ4v) is 3.87. The average molecular weight is 495 g/mol. The molecule has 0 aliphatic carbocycles. The number of hydrogen-bond donors (Lipinski definition) is 2. The number of morpholine rings is 1. The van der Waals surface area contributed by atoms with Crippen LogP contribution in [0.5, 0.6) is 5.75 Å². The van der Waals surface area contributed by atoms with Gasteiger partial charge in [-0.25, -0.2) is 9.52 Å². The second-order valence-corrected chi connectivity index (χ2v) is 8.61. The highest BCUT2D eigenvalue weighted by Gasteiger charge is 2.21. The van der Waals surface area contributed by atoms with E-state index in [0.29, 0.717) is 42.4 Å². The summed E-state index contributed by atoms with van der Waals surface area (Å²) in [6.07, 6.45) is 1.76. The summed E-state index contributed by atoms with van der Waals surface area (Å²) in [5.41, 5.74) is 0. The normalized spacial score (nSPS) is 14.3. The van der Waals surface area contributed by atoms with Crippen molar-refractivity contribution in [3.05, 3.63) is 28.2 Å². The lowest BCUT2D eigenvalue weighted by molar-refractivity contribution is 0.122. The molecule has 3 rings (SSSR count). The highest BCUT2D eigenvalue weighted by atomic mass is 35.5. The smallest absolute Gasteiger partial charge is 0.378 e. The van der Waals surface area contributed by atoms with Crippen molar-refractivity contribution in [1.29, 1.82) is 0 Å². The third-order valence-electron chi connectivity index (χ3n) is 3.62. The largest absolute Gasteiger partial charge is 0.411 e. The van der Waals surface area contributed by atoms with Gasteiger partial charge < -0.3 is 13.8 Å². The number of nitrogens with zero attached hydrogens (tertiary/aromatic N) is 4. The van der Waals surface area contributed by atoms with E-state index in [9.17, 15) is 13.2 Å². The zero-order chi connectivity index (χ0) is 21.7. The van der Waals surface area contributed by atoms with E-state index >= 15 is 0 Å². The Balaban J connectivity index is 1.70. The minimum Gasteiger partial charge on any atom is -0.378 e. The van der Waals surface area contributed by atoms with Crippen LogP contribution >= 0.6 is 35.0 Å². The number of carbonyl (C=O) groups excluding carboxylic acids is 1. The van der Waals surface area contributed by atoms with Crippen molar-refractivity contribution in [2.75, 3.05) is 42.8 Å². The van der Waals surface area contributed by atoms with Crippen molar-refractivity contribution in [1.82, 2.24) is 19.7 Å². The van der Waals surface area contributed by atoms with E-state index in [1.54, 1.807) is 11.0 Å². The molecule has 15 heteroatoms. The Bertz CT molecular complexity index is 1040. The van der Waals surface area contributed by atoms with Crippen LogP contribution in [-0.4, -0.2) is 62.0 Å². The molecule has 2 N–H and O–H groups in total. The molecule has 1 aliphatic rings. The standard InChI is InChI=1S/C15H16Cl2N6O5S2/c1-29-15-20-12(18-13(21-15)23-4-6-27-7-5-23)19-14(24)22-30(25,26)28-11-3-2-9(16)8-10(11)17/h2-3,8H,4-7H2,1H3,(H2,18,19,20,21,22,24). The van der Waals surface area contributed by atoms with Gasteiger partial charge >= 0.3 is 16.3 Å². The SMILES string of the molecule is CSc1nc(NC(=O)NS(=O)(=O)Oc2ccc(Cl)cc2Cl)nc(N2CCOCC2)n1. The number of carbonyl (C=O) groups is 1. The van der Waals surface area contributed by atoms with Gasteiger partial charge in [0.1, 0.15) is 0 Å². The molecule has 2 heterocycles. The van der Waals surface area contributed by atoms with Crippen molar-refractivity contribution in [2.24, 2.45) is 0 Å². The molecule has 1 saturated heterocycles. The van der Waals surface area contributed by atoms with Gasteiger partial charge in [-0.3, -0.25) is 5.32 Å². The lowest BCUT2D eigenvalue weighted by Crippen LogP contribution is -2.39. The van der Waals surface area contributed by atoms with E-state index in [1.165, 1.54) is 30.0 Å². The number of thioether (sulfide) groups is 1. The molecular weight excluding hydrogens is 479 g/mol. The Morgan fingerprint density at radius 1 is 1.23 bits per heavy atom. The monoisotopic (exact) mass is 494 g/mol. The van der Waals surface area contributed by atoms with Gasteiger partial charge in [-0.05, 0) is 24.5 Å². The highest BCUT2D eigenvalue weighted by molar-refractivity contribution is 7.98. The minimum absolute atomic E-state index is 0.0366. The fourth-order valence-electron chi connectivity index (χ4n) is 2.32. The van der Waals surface area contributed by atoms with Gasteiger partial charge in [-0.2, -0.15) is 23.4 Å². The van der Waals surface area contributed by atoms with Crippen molar-refractivity contribution in [3.63, 3.8) is 0 Å². The minimum atomic E-state index is -4.53. The van der Waals surface area contributed by atoms with Crippen LogP contribution in [0.1, 0.15) is 0 Å². The molecule has 0 spiro atoms. The molecule has 1 aliphatic heterocycles. The van der Waals surface area contributed by atoms with Crippen LogP contribution in [0.15, 0.2) is 23.4 Å². The zero-order valence-electron chi connectivity index (χ0n) is 15.5. The highest BCUT2D eigenvalue weighted by Crippen LogP contribution is 2.28. The number of halogens is 2. The first kappa shape index (κ1) is 22.6. The third kappa shape index (κ3) is 6.22. The van der Waals surface area contributed by atoms with E-state index in [-0.39, 0.29) is 16.7 Å². The van der Waals surface area contributed by atoms with Gasteiger partial charge in [-0.15, -0.1) is 0 Å². The fraction of sp³-hybridized carbons (Fsp3) is 0.333. The van der Waals surface area contributed by atoms with Gasteiger partial charge in [0.25, 0.3) is 0 Å². The van der Waals surface area contributed by atoms with Crippen LogP contribution in [0.2, 0.25) is 10.0 Å². The van der Waals surface area contributed by atoms with Crippen molar-refractivity contribution < 1.29 is 22.1 Å². The predicted molar refractivity (Wildman–Crippen MR) is 113 cm³/mol. The molecule has 2 amide bonds. The second-order valence-electron chi connectivity index (χ2n) is 5.71. The van der Waals surface area contributed by atoms with Crippen LogP contribution in [0.4, 0.5) is 16.7 Å². The topological polar surface area (TPSA) is 136 Å². The van der Waals surface area contributed by atoms with E-state index < -0.39 is 16.3 Å². The molecule has 162 valence electrons. The first-order valence-corrected chi connectivity index (χ1v) is 11.8. The Labute approximate surface area is 186 Å². The van der Waals surface area contributed by atoms with Crippen LogP contribution in [0.25, 0.3) is 0 Å². The number of nitrogens with one attached hydrogen (secondary N) is 2. The number of anilines is 2. The number of ether oxygens (including phenoxy) is 1. The first-order chi connectivity index (χ1) is 14.3. The number of rotatable bonds is 6. The summed E-state index contributed by atoms with van der Waals surface area (Å²) in [5, 5.41) is 2.88. The van der Waals surface area contributed by atoms with E-state index in [1.807, 2.05) is 4.90 Å². The van der Waals surface area contributed by atoms with Gasteiger partial charge in [-0.1, -0.05) is 35.0 Å². The van der Waals surface area contributed by atoms with E-state index in [0.717, 1.165) is 0 Å². The number of amides is 2. The van der Waals surface area contributed by atoms with Gasteiger partial charge in [0.15, 0.2) is 10.9 Å². The quantitative estimate of drug-likeness (QED) is 0.574. The second kappa shape index (κ2) is 9.83. The van der Waals surface area contributed by atoms with Gasteiger partial charge in [0.2, 0.25) is 11.9 Å². The summed E-state index contributed by atoms with van der Waals surface area (Å²) in [6, 6.07) is 2.83. The number of hydrogen-bond acceptors (Lipinski definition) is 10. The molecule has 0 radical (unpaired) electrons. The molecule has 1 aromatic heterocycles. The summed E-state index contributed by atoms with van der Waals surface area (Å²) < 4.78 is 36.0. The van der Waals surface area contributed by atoms with Crippen molar-refractivity contribution in [2.45, 2.75) is 5.16 Å². The average Bonchev–Trinajstić information content (AvgIpc) is 2.70. The number of aromatic nitrogens is 3. The molecule has 1 fully saturated rings. The molecule has 0 unspecified atom stereocenters. The summed E-state index contributed by atoms with van der Waals surface area (Å²) in [5.74, 6) is 0.0360. The van der Waals surface area contributed by atoms with Crippen LogP contribution in [0, 0.1) is 0 Å². The first-order valence-electron chi connectivity index (χ1n) is 8.37. The number of benzene rings is 1. The van der Waals surface area contributed by atoms with E-state index in [4.69, 9.17) is 32.1 Å². The molecule has 0 bridgehead atoms. The molecule has 11 nitrogen and oxygen atoms in total. The lowest BCUT2D eigenvalue weighted by Gasteiger charge is -2.26. The van der Waals surface area contributed by atoms with Crippen LogP contribution in [0.3, 0.4) is 0 Å². The Morgan fingerprint density at radius 2 is 1.97 bits per heavy atom. The number of urea groups is 1. The van der Waals surface area contributed by atoms with E-state index in [2.05, 4.69) is 20.3 Å². The molecule has 1 aromatic carbocycles. The molecule has 0 atom stereocenters.